The van der Waals surface area contributed by atoms with Crippen molar-refractivity contribution in [3.63, 3.8) is 0 Å². The fourth-order valence-corrected chi connectivity index (χ4v) is 2.20. The molecule has 0 bridgehead atoms. The third-order valence-corrected chi connectivity index (χ3v) is 3.36. The number of halogens is 1. The van der Waals surface area contributed by atoms with Crippen molar-refractivity contribution >= 4 is 22.0 Å². The Labute approximate surface area is 102 Å². The summed E-state index contributed by atoms with van der Waals surface area (Å²) < 4.78 is 16.8. The van der Waals surface area contributed by atoms with E-state index in [1.807, 2.05) is 12.1 Å². The Morgan fingerprint density at radius 1 is 1.06 bits per heavy atom. The van der Waals surface area contributed by atoms with E-state index in [1.165, 1.54) is 5.57 Å². The number of fused-ring (bicyclic) bond motifs is 3. The van der Waals surface area contributed by atoms with Gasteiger partial charge in [-0.3, -0.25) is 0 Å². The van der Waals surface area contributed by atoms with Gasteiger partial charge in [0.15, 0.2) is 11.5 Å². The zero-order valence-electron chi connectivity index (χ0n) is 8.66. The standard InChI is InChI=1S/C12H11BrO3/c13-6-8-5-9-10(16-7-8)1-2-11-12(9)15-4-3-14-11/h1-2,5H,3-4,6-7H2. The second-order valence-corrected chi connectivity index (χ2v) is 4.29. The number of hydrogen-bond acceptors (Lipinski definition) is 3. The van der Waals surface area contributed by atoms with E-state index in [9.17, 15) is 0 Å². The molecule has 2 aliphatic heterocycles. The van der Waals surface area contributed by atoms with Gasteiger partial charge in [-0.15, -0.1) is 0 Å². The molecule has 3 rings (SSSR count). The summed E-state index contributed by atoms with van der Waals surface area (Å²) >= 11 is 3.44. The first kappa shape index (κ1) is 10.0. The molecule has 2 aliphatic rings. The summed E-state index contributed by atoms with van der Waals surface area (Å²) in [5, 5.41) is 0.816. The zero-order valence-corrected chi connectivity index (χ0v) is 10.2. The molecule has 0 radical (unpaired) electrons. The van der Waals surface area contributed by atoms with Gasteiger partial charge in [0, 0.05) is 5.33 Å². The summed E-state index contributed by atoms with van der Waals surface area (Å²) in [6, 6.07) is 3.84. The van der Waals surface area contributed by atoms with E-state index in [0.29, 0.717) is 19.8 Å². The topological polar surface area (TPSA) is 27.7 Å². The van der Waals surface area contributed by atoms with Crippen LogP contribution in [0.3, 0.4) is 0 Å². The predicted octanol–water partition coefficient (Wildman–Crippen LogP) is 2.63. The van der Waals surface area contributed by atoms with Crippen molar-refractivity contribution in [3.8, 4) is 17.2 Å². The first-order chi connectivity index (χ1) is 7.88. The molecule has 0 aliphatic carbocycles. The number of hydrogen-bond donors (Lipinski definition) is 0. The first-order valence-electron chi connectivity index (χ1n) is 5.19. The Kier molecular flexibility index (Phi) is 2.52. The number of rotatable bonds is 1. The van der Waals surface area contributed by atoms with Crippen LogP contribution in [-0.4, -0.2) is 25.2 Å². The first-order valence-corrected chi connectivity index (χ1v) is 6.31. The van der Waals surface area contributed by atoms with Crippen molar-refractivity contribution in [3.05, 3.63) is 23.3 Å². The van der Waals surface area contributed by atoms with Gasteiger partial charge in [0.25, 0.3) is 0 Å². The highest BCUT2D eigenvalue weighted by atomic mass is 79.9. The molecule has 1 aromatic carbocycles. The third-order valence-electron chi connectivity index (χ3n) is 2.64. The van der Waals surface area contributed by atoms with Crippen molar-refractivity contribution in [2.24, 2.45) is 0 Å². The lowest BCUT2D eigenvalue weighted by molar-refractivity contribution is 0.170. The van der Waals surface area contributed by atoms with Gasteiger partial charge in [0.1, 0.15) is 25.6 Å². The normalized spacial score (nSPS) is 17.2. The lowest BCUT2D eigenvalue weighted by atomic mass is 10.1. The van der Waals surface area contributed by atoms with Gasteiger partial charge < -0.3 is 14.2 Å². The maximum Gasteiger partial charge on any atom is 0.172 e. The Hall–Kier alpha value is -1.16. The van der Waals surface area contributed by atoms with Crippen LogP contribution >= 0.6 is 15.9 Å². The van der Waals surface area contributed by atoms with Crippen LogP contribution in [0.5, 0.6) is 17.2 Å². The zero-order chi connectivity index (χ0) is 11.0. The van der Waals surface area contributed by atoms with E-state index in [0.717, 1.165) is 28.1 Å². The van der Waals surface area contributed by atoms with E-state index in [1.54, 1.807) is 0 Å². The van der Waals surface area contributed by atoms with E-state index in [4.69, 9.17) is 14.2 Å². The highest BCUT2D eigenvalue weighted by Gasteiger charge is 2.21. The Morgan fingerprint density at radius 2 is 1.88 bits per heavy atom. The molecule has 0 saturated heterocycles. The molecular formula is C12H11BrO3. The quantitative estimate of drug-likeness (QED) is 0.741. The van der Waals surface area contributed by atoms with Crippen LogP contribution in [-0.2, 0) is 0 Å². The summed E-state index contributed by atoms with van der Waals surface area (Å²) in [5.41, 5.74) is 2.20. The van der Waals surface area contributed by atoms with Crippen LogP contribution in [0.1, 0.15) is 5.56 Å². The molecule has 0 fully saturated rings. The van der Waals surface area contributed by atoms with Crippen molar-refractivity contribution in [2.75, 3.05) is 25.2 Å². The van der Waals surface area contributed by atoms with Crippen LogP contribution in [0.2, 0.25) is 0 Å². The van der Waals surface area contributed by atoms with Crippen molar-refractivity contribution in [1.82, 2.24) is 0 Å². The van der Waals surface area contributed by atoms with Crippen LogP contribution in [0.4, 0.5) is 0 Å². The van der Waals surface area contributed by atoms with E-state index < -0.39 is 0 Å². The molecule has 4 heteroatoms. The Balaban J connectivity index is 2.12. The van der Waals surface area contributed by atoms with Gasteiger partial charge >= 0.3 is 0 Å². The van der Waals surface area contributed by atoms with Gasteiger partial charge in [0.05, 0.1) is 5.56 Å². The summed E-state index contributed by atoms with van der Waals surface area (Å²) in [6.07, 6.45) is 2.11. The molecule has 3 nitrogen and oxygen atoms in total. The summed E-state index contributed by atoms with van der Waals surface area (Å²) in [5.74, 6) is 2.48. The van der Waals surface area contributed by atoms with Gasteiger partial charge in [-0.2, -0.15) is 0 Å². The Morgan fingerprint density at radius 3 is 2.75 bits per heavy atom. The minimum absolute atomic E-state index is 0.598. The highest BCUT2D eigenvalue weighted by molar-refractivity contribution is 9.09. The molecule has 1 aromatic rings. The van der Waals surface area contributed by atoms with Crippen LogP contribution < -0.4 is 14.2 Å². The van der Waals surface area contributed by atoms with Crippen molar-refractivity contribution in [2.45, 2.75) is 0 Å². The molecule has 2 heterocycles. The number of ether oxygens (including phenoxy) is 3. The summed E-state index contributed by atoms with van der Waals surface area (Å²) in [6.45, 7) is 1.85. The summed E-state index contributed by atoms with van der Waals surface area (Å²) in [7, 11) is 0. The largest absolute Gasteiger partial charge is 0.488 e. The lowest BCUT2D eigenvalue weighted by Gasteiger charge is -2.24. The summed E-state index contributed by atoms with van der Waals surface area (Å²) in [4.78, 5) is 0. The minimum Gasteiger partial charge on any atom is -0.488 e. The van der Waals surface area contributed by atoms with Crippen LogP contribution in [0.25, 0.3) is 6.08 Å². The number of alkyl halides is 1. The van der Waals surface area contributed by atoms with Crippen LogP contribution in [0, 0.1) is 0 Å². The molecule has 84 valence electrons. The lowest BCUT2D eigenvalue weighted by Crippen LogP contribution is -2.17. The Bertz CT molecular complexity index is 454. The third kappa shape index (κ3) is 1.57. The molecule has 0 N–H and O–H groups in total. The minimum atomic E-state index is 0.598. The van der Waals surface area contributed by atoms with Crippen molar-refractivity contribution < 1.29 is 14.2 Å². The average molecular weight is 283 g/mol. The second kappa shape index (κ2) is 4.01. The fraction of sp³-hybridized carbons (Fsp3) is 0.333. The van der Waals surface area contributed by atoms with E-state index in [2.05, 4.69) is 22.0 Å². The number of benzene rings is 1. The molecule has 0 saturated carbocycles. The highest BCUT2D eigenvalue weighted by Crippen LogP contribution is 2.42. The molecule has 0 aromatic heterocycles. The van der Waals surface area contributed by atoms with Gasteiger partial charge in [-0.05, 0) is 23.8 Å². The monoisotopic (exact) mass is 282 g/mol. The molecular weight excluding hydrogens is 272 g/mol. The smallest absolute Gasteiger partial charge is 0.172 e. The van der Waals surface area contributed by atoms with Gasteiger partial charge in [-0.1, -0.05) is 15.9 Å². The molecule has 0 amide bonds. The maximum absolute atomic E-state index is 5.66. The van der Waals surface area contributed by atoms with E-state index >= 15 is 0 Å². The van der Waals surface area contributed by atoms with Crippen LogP contribution in [0.15, 0.2) is 17.7 Å². The predicted molar refractivity (Wildman–Crippen MR) is 64.7 cm³/mol. The molecule has 0 spiro atoms. The molecule has 0 atom stereocenters. The molecule has 0 unspecified atom stereocenters. The average Bonchev–Trinajstić information content (AvgIpc) is 2.38. The fourth-order valence-electron chi connectivity index (χ4n) is 1.88. The van der Waals surface area contributed by atoms with Gasteiger partial charge in [0.2, 0.25) is 0 Å². The van der Waals surface area contributed by atoms with Crippen molar-refractivity contribution in [1.29, 1.82) is 0 Å². The second-order valence-electron chi connectivity index (χ2n) is 3.73. The van der Waals surface area contributed by atoms with E-state index in [-0.39, 0.29) is 0 Å². The SMILES string of the molecule is BrCC1=Cc2c(ccc3c2OCCO3)OC1. The van der Waals surface area contributed by atoms with Gasteiger partial charge in [-0.25, -0.2) is 0 Å². The molecule has 16 heavy (non-hydrogen) atoms. The maximum atomic E-state index is 5.66.